The fourth-order valence-corrected chi connectivity index (χ4v) is 6.87. The van der Waals surface area contributed by atoms with Gasteiger partial charge in [0.1, 0.15) is 12.4 Å². The Bertz CT molecular complexity index is 680. The Hall–Kier alpha value is -1.30. The third-order valence-electron chi connectivity index (χ3n) is 8.40. The Kier molecular flexibility index (Phi) is 4.68. The first-order valence-corrected chi connectivity index (χ1v) is 10.4. The molecule has 4 saturated carbocycles. The van der Waals surface area contributed by atoms with Crippen LogP contribution in [0.1, 0.15) is 58.8 Å². The number of rotatable bonds is 3. The summed E-state index contributed by atoms with van der Waals surface area (Å²) in [5.74, 6) is 0.570. The van der Waals surface area contributed by atoms with Crippen molar-refractivity contribution >= 4 is 17.3 Å². The number of nitrogens with two attached hydrogens (primary N) is 1. The van der Waals surface area contributed by atoms with Crippen LogP contribution < -0.4 is 5.73 Å². The van der Waals surface area contributed by atoms with Crippen LogP contribution in [-0.4, -0.2) is 36.6 Å². The maximum atomic E-state index is 14.3. The van der Waals surface area contributed by atoms with E-state index in [1.165, 1.54) is 0 Å². The Morgan fingerprint density at radius 3 is 2.74 bits per heavy atom. The van der Waals surface area contributed by atoms with Crippen LogP contribution in [0.15, 0.2) is 5.16 Å². The average Bonchev–Trinajstić information content (AvgIpc) is 2.87. The lowest BCUT2D eigenvalue weighted by Gasteiger charge is -2.58. The molecule has 4 aliphatic carbocycles. The van der Waals surface area contributed by atoms with Gasteiger partial charge in [0.2, 0.25) is 0 Å². The smallest absolute Gasteiger partial charge is 0.173 e. The molecule has 6 heteroatoms. The van der Waals surface area contributed by atoms with Gasteiger partial charge in [-0.15, -0.1) is 0 Å². The zero-order valence-electron chi connectivity index (χ0n) is 16.4. The predicted molar refractivity (Wildman–Crippen MR) is 99.8 cm³/mol. The summed E-state index contributed by atoms with van der Waals surface area (Å²) < 4.78 is 14.3. The largest absolute Gasteiger partial charge is 0.395 e. The zero-order valence-corrected chi connectivity index (χ0v) is 16.4. The molecule has 150 valence electrons. The third-order valence-corrected chi connectivity index (χ3v) is 8.40. The van der Waals surface area contributed by atoms with E-state index in [4.69, 9.17) is 10.6 Å². The highest BCUT2D eigenvalue weighted by atomic mass is 19.1. The van der Waals surface area contributed by atoms with Crippen molar-refractivity contribution in [3.8, 4) is 0 Å². The van der Waals surface area contributed by atoms with E-state index in [-0.39, 0.29) is 34.7 Å². The summed E-state index contributed by atoms with van der Waals surface area (Å²) in [7, 11) is 0. The third kappa shape index (κ3) is 2.78. The molecule has 4 rings (SSSR count). The van der Waals surface area contributed by atoms with E-state index in [2.05, 4.69) is 12.1 Å². The summed E-state index contributed by atoms with van der Waals surface area (Å²) in [4.78, 5) is 30.8. The van der Waals surface area contributed by atoms with Crippen molar-refractivity contribution < 1.29 is 18.8 Å². The quantitative estimate of drug-likeness (QED) is 0.604. The van der Waals surface area contributed by atoms with Crippen LogP contribution in [0, 0.1) is 34.5 Å². The standard InChI is InChI=1S/C21H31FN2O3/c1-20-5-3-12(24-27-8-7-23)9-16(20)18(25)10-13-14(20)4-6-21(2)15(13)11-17(22)19(21)26/h13-17H,3-11,23H2,1-2H3/b24-12-. The van der Waals surface area contributed by atoms with Crippen LogP contribution in [0.5, 0.6) is 0 Å². The lowest BCUT2D eigenvalue weighted by atomic mass is 9.45. The molecule has 0 saturated heterocycles. The van der Waals surface area contributed by atoms with Gasteiger partial charge in [0.15, 0.2) is 12.0 Å². The number of hydrogen-bond acceptors (Lipinski definition) is 5. The molecule has 0 bridgehead atoms. The SMILES string of the molecule is CC12CCC3C(CC(=O)C4C/C(=N\OCCN)CCC43C)C1CC(F)C2=O. The van der Waals surface area contributed by atoms with Gasteiger partial charge >= 0.3 is 0 Å². The number of oxime groups is 1. The molecular formula is C21H31FN2O3. The highest BCUT2D eigenvalue weighted by molar-refractivity contribution is 5.94. The first-order valence-electron chi connectivity index (χ1n) is 10.4. The molecule has 27 heavy (non-hydrogen) atoms. The highest BCUT2D eigenvalue weighted by Gasteiger charge is 2.64. The molecule has 7 unspecified atom stereocenters. The Balaban J connectivity index is 1.58. The van der Waals surface area contributed by atoms with Gasteiger partial charge in [0, 0.05) is 24.3 Å². The highest BCUT2D eigenvalue weighted by Crippen LogP contribution is 2.64. The van der Waals surface area contributed by atoms with Crippen LogP contribution in [0.2, 0.25) is 0 Å². The van der Waals surface area contributed by atoms with Crippen LogP contribution in [0.3, 0.4) is 0 Å². The Labute approximate surface area is 160 Å². The van der Waals surface area contributed by atoms with Gasteiger partial charge < -0.3 is 10.6 Å². The van der Waals surface area contributed by atoms with Crippen molar-refractivity contribution in [2.45, 2.75) is 65.0 Å². The minimum Gasteiger partial charge on any atom is -0.395 e. The second-order valence-electron chi connectivity index (χ2n) is 9.61. The van der Waals surface area contributed by atoms with Gasteiger partial charge in [-0.3, -0.25) is 9.59 Å². The maximum absolute atomic E-state index is 14.3. The second-order valence-corrected chi connectivity index (χ2v) is 9.61. The topological polar surface area (TPSA) is 81.8 Å². The predicted octanol–water partition coefficient (Wildman–Crippen LogP) is 3.06. The lowest BCUT2D eigenvalue weighted by molar-refractivity contribution is -0.152. The molecule has 5 nitrogen and oxygen atoms in total. The zero-order chi connectivity index (χ0) is 19.4. The van der Waals surface area contributed by atoms with Crippen molar-refractivity contribution in [3.05, 3.63) is 0 Å². The van der Waals surface area contributed by atoms with Crippen LogP contribution >= 0.6 is 0 Å². The van der Waals surface area contributed by atoms with Gasteiger partial charge in [-0.2, -0.15) is 0 Å². The number of fused-ring (bicyclic) bond motifs is 5. The Morgan fingerprint density at radius 1 is 1.22 bits per heavy atom. The number of hydrogen-bond donors (Lipinski definition) is 1. The fraction of sp³-hybridized carbons (Fsp3) is 0.857. The van der Waals surface area contributed by atoms with E-state index in [0.29, 0.717) is 38.3 Å². The van der Waals surface area contributed by atoms with Gasteiger partial charge in [0.05, 0.1) is 5.71 Å². The van der Waals surface area contributed by atoms with Gasteiger partial charge in [-0.05, 0) is 61.7 Å². The average molecular weight is 378 g/mol. The number of ketones is 2. The molecule has 0 aromatic carbocycles. The molecule has 0 aliphatic heterocycles. The fourth-order valence-electron chi connectivity index (χ4n) is 6.87. The van der Waals surface area contributed by atoms with Gasteiger partial charge in [0.25, 0.3) is 0 Å². The summed E-state index contributed by atoms with van der Waals surface area (Å²) in [6.45, 7) is 5.00. The van der Waals surface area contributed by atoms with E-state index >= 15 is 0 Å². The van der Waals surface area contributed by atoms with Gasteiger partial charge in [-0.1, -0.05) is 19.0 Å². The minimum absolute atomic E-state index is 0.0171. The molecule has 0 aromatic rings. The van der Waals surface area contributed by atoms with Crippen LogP contribution in [-0.2, 0) is 14.4 Å². The van der Waals surface area contributed by atoms with Crippen molar-refractivity contribution in [2.75, 3.05) is 13.2 Å². The van der Waals surface area contributed by atoms with Crippen LogP contribution in [0.4, 0.5) is 4.39 Å². The lowest BCUT2D eigenvalue weighted by Crippen LogP contribution is -2.56. The monoisotopic (exact) mass is 378 g/mol. The molecule has 0 spiro atoms. The summed E-state index contributed by atoms with van der Waals surface area (Å²) in [6, 6.07) is 0. The molecular weight excluding hydrogens is 347 g/mol. The molecule has 2 N–H and O–H groups in total. The normalized spacial score (nSPS) is 48.1. The van der Waals surface area contributed by atoms with E-state index in [0.717, 1.165) is 31.4 Å². The van der Waals surface area contributed by atoms with E-state index in [9.17, 15) is 14.0 Å². The summed E-state index contributed by atoms with van der Waals surface area (Å²) in [5, 5.41) is 4.21. The summed E-state index contributed by atoms with van der Waals surface area (Å²) in [6.07, 6.45) is 3.54. The minimum atomic E-state index is -1.34. The Morgan fingerprint density at radius 2 is 2.00 bits per heavy atom. The van der Waals surface area contributed by atoms with E-state index < -0.39 is 11.6 Å². The summed E-state index contributed by atoms with van der Waals surface area (Å²) in [5.41, 5.74) is 5.75. The first-order chi connectivity index (χ1) is 12.8. The summed E-state index contributed by atoms with van der Waals surface area (Å²) >= 11 is 0. The number of Topliss-reactive ketones (excluding diaryl/α,β-unsaturated/α-hetero) is 2. The molecule has 4 aliphatic rings. The molecule has 4 fully saturated rings. The van der Waals surface area contributed by atoms with Crippen molar-refractivity contribution in [1.82, 2.24) is 0 Å². The van der Waals surface area contributed by atoms with Gasteiger partial charge in [-0.25, -0.2) is 4.39 Å². The number of carbonyl (C=O) groups is 2. The van der Waals surface area contributed by atoms with E-state index in [1.807, 2.05) is 6.92 Å². The molecule has 0 radical (unpaired) electrons. The molecule has 0 heterocycles. The van der Waals surface area contributed by atoms with E-state index in [1.54, 1.807) is 0 Å². The number of nitrogens with zero attached hydrogens (tertiary/aromatic N) is 1. The number of halogens is 1. The maximum Gasteiger partial charge on any atom is 0.173 e. The molecule has 0 aromatic heterocycles. The number of carbonyl (C=O) groups excluding carboxylic acids is 2. The van der Waals surface area contributed by atoms with Crippen molar-refractivity contribution in [3.63, 3.8) is 0 Å². The molecule has 0 amide bonds. The number of alkyl halides is 1. The first kappa shape index (κ1) is 19.0. The molecule has 7 atom stereocenters. The van der Waals surface area contributed by atoms with Crippen molar-refractivity contribution in [2.24, 2.45) is 45.4 Å². The van der Waals surface area contributed by atoms with Crippen molar-refractivity contribution in [1.29, 1.82) is 0 Å². The second kappa shape index (κ2) is 6.64. The van der Waals surface area contributed by atoms with Crippen LogP contribution in [0.25, 0.3) is 0 Å².